The number of nitrogens with one attached hydrogen (secondary N) is 1. The molecule has 1 heterocycles. The molecule has 0 spiro atoms. The summed E-state index contributed by atoms with van der Waals surface area (Å²) in [6.45, 7) is 6.93. The quantitative estimate of drug-likeness (QED) is 0.879. The van der Waals surface area contributed by atoms with Gasteiger partial charge in [-0.25, -0.2) is 0 Å². The monoisotopic (exact) mass is 337 g/mol. The standard InChI is InChI=1S/C16H20BrNO2/c1-5-18-16(13-8-10(2)20-11(13)3)14-9-12(17)6-7-15(14)19-4/h6-9,16,18H,5H2,1-4H3. The smallest absolute Gasteiger partial charge is 0.124 e. The van der Waals surface area contributed by atoms with Crippen molar-refractivity contribution < 1.29 is 9.15 Å². The second kappa shape index (κ2) is 6.46. The number of methoxy groups -OCH3 is 1. The van der Waals surface area contributed by atoms with Crippen molar-refractivity contribution in [1.82, 2.24) is 5.32 Å². The number of benzene rings is 1. The van der Waals surface area contributed by atoms with Gasteiger partial charge in [0.1, 0.15) is 17.3 Å². The van der Waals surface area contributed by atoms with Gasteiger partial charge in [0, 0.05) is 15.6 Å². The van der Waals surface area contributed by atoms with E-state index in [1.54, 1.807) is 7.11 Å². The Morgan fingerprint density at radius 2 is 2.00 bits per heavy atom. The molecule has 0 saturated carbocycles. The van der Waals surface area contributed by atoms with Crippen molar-refractivity contribution in [2.24, 2.45) is 0 Å². The lowest BCUT2D eigenvalue weighted by molar-refractivity contribution is 0.403. The van der Waals surface area contributed by atoms with Crippen molar-refractivity contribution in [3.63, 3.8) is 0 Å². The number of halogens is 1. The van der Waals surface area contributed by atoms with Gasteiger partial charge in [-0.1, -0.05) is 22.9 Å². The minimum atomic E-state index is 0.0601. The summed E-state index contributed by atoms with van der Waals surface area (Å²) in [5, 5.41) is 3.51. The number of ether oxygens (including phenoxy) is 1. The van der Waals surface area contributed by atoms with Gasteiger partial charge in [-0.2, -0.15) is 0 Å². The fourth-order valence-electron chi connectivity index (χ4n) is 2.46. The van der Waals surface area contributed by atoms with Crippen LogP contribution in [0.25, 0.3) is 0 Å². The summed E-state index contributed by atoms with van der Waals surface area (Å²) in [5.41, 5.74) is 2.26. The first-order chi connectivity index (χ1) is 9.56. The van der Waals surface area contributed by atoms with Crippen LogP contribution in [0.5, 0.6) is 5.75 Å². The highest BCUT2D eigenvalue weighted by Crippen LogP contribution is 2.34. The van der Waals surface area contributed by atoms with Crippen molar-refractivity contribution in [1.29, 1.82) is 0 Å². The summed E-state index contributed by atoms with van der Waals surface area (Å²) in [6.07, 6.45) is 0. The van der Waals surface area contributed by atoms with Crippen LogP contribution in [0.1, 0.15) is 35.6 Å². The maximum absolute atomic E-state index is 5.67. The molecule has 0 radical (unpaired) electrons. The zero-order valence-corrected chi connectivity index (χ0v) is 13.9. The van der Waals surface area contributed by atoms with E-state index in [9.17, 15) is 0 Å². The molecule has 0 aliphatic rings. The summed E-state index contributed by atoms with van der Waals surface area (Å²) in [4.78, 5) is 0. The highest BCUT2D eigenvalue weighted by Gasteiger charge is 2.21. The van der Waals surface area contributed by atoms with Crippen LogP contribution in [0.3, 0.4) is 0 Å². The van der Waals surface area contributed by atoms with Crippen LogP contribution in [-0.4, -0.2) is 13.7 Å². The lowest BCUT2D eigenvalue weighted by Gasteiger charge is -2.20. The van der Waals surface area contributed by atoms with Crippen LogP contribution < -0.4 is 10.1 Å². The Kier molecular flexibility index (Phi) is 4.89. The number of hydrogen-bond donors (Lipinski definition) is 1. The summed E-state index contributed by atoms with van der Waals surface area (Å²) in [7, 11) is 1.70. The molecular weight excluding hydrogens is 318 g/mol. The van der Waals surface area contributed by atoms with Crippen LogP contribution in [0.15, 0.2) is 33.2 Å². The van der Waals surface area contributed by atoms with Gasteiger partial charge in [-0.15, -0.1) is 0 Å². The van der Waals surface area contributed by atoms with Crippen molar-refractivity contribution in [2.75, 3.05) is 13.7 Å². The van der Waals surface area contributed by atoms with Crippen molar-refractivity contribution >= 4 is 15.9 Å². The van der Waals surface area contributed by atoms with E-state index in [4.69, 9.17) is 9.15 Å². The van der Waals surface area contributed by atoms with Crippen LogP contribution in [0.4, 0.5) is 0 Å². The molecule has 2 rings (SSSR count). The van der Waals surface area contributed by atoms with Crippen molar-refractivity contribution in [2.45, 2.75) is 26.8 Å². The highest BCUT2D eigenvalue weighted by atomic mass is 79.9. The summed E-state index contributed by atoms with van der Waals surface area (Å²) < 4.78 is 12.2. The fraction of sp³-hybridized carbons (Fsp3) is 0.375. The van der Waals surface area contributed by atoms with Gasteiger partial charge in [0.15, 0.2) is 0 Å². The molecule has 1 aromatic carbocycles. The average molecular weight is 338 g/mol. The van der Waals surface area contributed by atoms with E-state index >= 15 is 0 Å². The van der Waals surface area contributed by atoms with Gasteiger partial charge < -0.3 is 14.5 Å². The van der Waals surface area contributed by atoms with E-state index < -0.39 is 0 Å². The molecule has 1 aromatic heterocycles. The summed E-state index contributed by atoms with van der Waals surface area (Å²) in [5.74, 6) is 2.74. The van der Waals surface area contributed by atoms with Crippen molar-refractivity contribution in [3.8, 4) is 5.75 Å². The Morgan fingerprint density at radius 1 is 1.25 bits per heavy atom. The summed E-state index contributed by atoms with van der Waals surface area (Å²) >= 11 is 3.53. The van der Waals surface area contributed by atoms with Crippen LogP contribution >= 0.6 is 15.9 Å². The van der Waals surface area contributed by atoms with E-state index in [-0.39, 0.29) is 6.04 Å². The first kappa shape index (κ1) is 15.1. The largest absolute Gasteiger partial charge is 0.496 e. The molecule has 0 bridgehead atoms. The van der Waals surface area contributed by atoms with E-state index in [0.717, 1.165) is 39.4 Å². The third-order valence-electron chi connectivity index (χ3n) is 3.30. The fourth-order valence-corrected chi connectivity index (χ4v) is 2.84. The maximum Gasteiger partial charge on any atom is 0.124 e. The van der Waals surface area contributed by atoms with Crippen LogP contribution in [0, 0.1) is 13.8 Å². The van der Waals surface area contributed by atoms with E-state index in [1.165, 1.54) is 0 Å². The molecule has 2 aromatic rings. The first-order valence-corrected chi connectivity index (χ1v) is 7.49. The Balaban J connectivity index is 2.53. The number of furan rings is 1. The van der Waals surface area contributed by atoms with Gasteiger partial charge in [0.2, 0.25) is 0 Å². The van der Waals surface area contributed by atoms with Gasteiger partial charge >= 0.3 is 0 Å². The van der Waals surface area contributed by atoms with E-state index in [2.05, 4.69) is 40.3 Å². The molecule has 0 fully saturated rings. The molecule has 0 saturated heterocycles. The number of rotatable bonds is 5. The highest BCUT2D eigenvalue weighted by molar-refractivity contribution is 9.10. The zero-order valence-electron chi connectivity index (χ0n) is 12.3. The molecule has 1 N–H and O–H groups in total. The normalized spacial score (nSPS) is 12.4. The Labute approximate surface area is 128 Å². The minimum absolute atomic E-state index is 0.0601. The van der Waals surface area contributed by atoms with Gasteiger partial charge in [-0.05, 0) is 44.7 Å². The Hall–Kier alpha value is -1.26. The molecule has 20 heavy (non-hydrogen) atoms. The first-order valence-electron chi connectivity index (χ1n) is 6.70. The topological polar surface area (TPSA) is 34.4 Å². The minimum Gasteiger partial charge on any atom is -0.496 e. The lowest BCUT2D eigenvalue weighted by Crippen LogP contribution is -2.22. The molecule has 1 unspecified atom stereocenters. The molecule has 0 amide bonds. The number of aryl methyl sites for hydroxylation is 2. The molecule has 0 aliphatic carbocycles. The third kappa shape index (κ3) is 3.07. The predicted molar refractivity (Wildman–Crippen MR) is 84.4 cm³/mol. The molecule has 3 nitrogen and oxygen atoms in total. The van der Waals surface area contributed by atoms with Crippen LogP contribution in [-0.2, 0) is 0 Å². The van der Waals surface area contributed by atoms with Gasteiger partial charge in [-0.3, -0.25) is 0 Å². The molecule has 1 atom stereocenters. The van der Waals surface area contributed by atoms with E-state index in [1.807, 2.05) is 26.0 Å². The number of hydrogen-bond acceptors (Lipinski definition) is 3. The second-order valence-electron chi connectivity index (χ2n) is 4.75. The second-order valence-corrected chi connectivity index (χ2v) is 5.66. The van der Waals surface area contributed by atoms with E-state index in [0.29, 0.717) is 0 Å². The van der Waals surface area contributed by atoms with Gasteiger partial charge in [0.05, 0.1) is 13.2 Å². The third-order valence-corrected chi connectivity index (χ3v) is 3.79. The molecule has 0 aliphatic heterocycles. The molecule has 4 heteroatoms. The summed E-state index contributed by atoms with van der Waals surface area (Å²) in [6, 6.07) is 8.20. The maximum atomic E-state index is 5.67. The average Bonchev–Trinajstić information content (AvgIpc) is 2.75. The zero-order chi connectivity index (χ0) is 14.7. The molecular formula is C16H20BrNO2. The van der Waals surface area contributed by atoms with Gasteiger partial charge in [0.25, 0.3) is 0 Å². The lowest BCUT2D eigenvalue weighted by atomic mass is 9.98. The predicted octanol–water partition coefficient (Wildman–Crippen LogP) is 4.37. The SMILES string of the molecule is CCNC(c1cc(Br)ccc1OC)c1cc(C)oc1C. The Morgan fingerprint density at radius 3 is 2.55 bits per heavy atom. The molecule has 108 valence electrons. The van der Waals surface area contributed by atoms with Crippen molar-refractivity contribution in [3.05, 3.63) is 51.4 Å². The van der Waals surface area contributed by atoms with Crippen LogP contribution in [0.2, 0.25) is 0 Å². The Bertz CT molecular complexity index is 592.